The Kier molecular flexibility index (Phi) is 5.08. The van der Waals surface area contributed by atoms with Crippen LogP contribution in [0.4, 0.5) is 4.79 Å². The zero-order chi connectivity index (χ0) is 15.5. The minimum Gasteiger partial charge on any atom is -0.453 e. The fraction of sp³-hybridized carbons (Fsp3) is 0.462. The first-order valence-electron chi connectivity index (χ1n) is 6.48. The van der Waals surface area contributed by atoms with E-state index in [1.807, 2.05) is 0 Å². The predicted molar refractivity (Wildman–Crippen MR) is 79.6 cm³/mol. The molecular formula is C13H17ClN2O4S. The molecular weight excluding hydrogens is 316 g/mol. The van der Waals surface area contributed by atoms with Gasteiger partial charge in [0.1, 0.15) is 0 Å². The lowest BCUT2D eigenvalue weighted by Crippen LogP contribution is -2.50. The molecule has 0 bridgehead atoms. The number of nitrogens with zero attached hydrogens (tertiary/aromatic N) is 2. The summed E-state index contributed by atoms with van der Waals surface area (Å²) in [5.74, 6) is -0.134. The minimum atomic E-state index is -3.44. The van der Waals surface area contributed by atoms with Crippen molar-refractivity contribution in [2.45, 2.75) is 5.75 Å². The Morgan fingerprint density at radius 1 is 1.24 bits per heavy atom. The van der Waals surface area contributed by atoms with Crippen LogP contribution < -0.4 is 0 Å². The van der Waals surface area contributed by atoms with Gasteiger partial charge in [0.05, 0.1) is 12.9 Å². The maximum Gasteiger partial charge on any atom is 0.409 e. The molecule has 1 saturated heterocycles. The third-order valence-corrected chi connectivity index (χ3v) is 5.56. The van der Waals surface area contributed by atoms with Crippen molar-refractivity contribution in [1.29, 1.82) is 0 Å². The average Bonchev–Trinajstić information content (AvgIpc) is 2.49. The van der Waals surface area contributed by atoms with Gasteiger partial charge in [-0.1, -0.05) is 29.8 Å². The molecule has 0 radical (unpaired) electrons. The number of rotatable bonds is 3. The highest BCUT2D eigenvalue weighted by Crippen LogP contribution is 2.20. The van der Waals surface area contributed by atoms with Crippen molar-refractivity contribution < 1.29 is 17.9 Å². The molecule has 1 heterocycles. The molecule has 8 heteroatoms. The van der Waals surface area contributed by atoms with Gasteiger partial charge in [-0.25, -0.2) is 13.2 Å². The molecule has 0 N–H and O–H groups in total. The largest absolute Gasteiger partial charge is 0.453 e. The van der Waals surface area contributed by atoms with Crippen LogP contribution in [0.1, 0.15) is 5.56 Å². The Balaban J connectivity index is 2.02. The smallest absolute Gasteiger partial charge is 0.409 e. The molecule has 0 spiro atoms. The highest BCUT2D eigenvalue weighted by molar-refractivity contribution is 7.88. The first-order chi connectivity index (χ1) is 9.94. The molecule has 1 fully saturated rings. The van der Waals surface area contributed by atoms with Gasteiger partial charge < -0.3 is 9.64 Å². The molecule has 1 amide bonds. The van der Waals surface area contributed by atoms with Gasteiger partial charge >= 0.3 is 6.09 Å². The van der Waals surface area contributed by atoms with E-state index in [4.69, 9.17) is 11.6 Å². The lowest BCUT2D eigenvalue weighted by molar-refractivity contribution is 0.108. The average molecular weight is 333 g/mol. The third-order valence-electron chi connectivity index (χ3n) is 3.36. The van der Waals surface area contributed by atoms with Gasteiger partial charge in [0, 0.05) is 31.2 Å². The van der Waals surface area contributed by atoms with Crippen LogP contribution in [-0.2, 0) is 20.5 Å². The summed E-state index contributed by atoms with van der Waals surface area (Å²) in [6.07, 6.45) is -0.432. The van der Waals surface area contributed by atoms with Gasteiger partial charge in [0.25, 0.3) is 0 Å². The van der Waals surface area contributed by atoms with Crippen LogP contribution in [0.15, 0.2) is 24.3 Å². The normalized spacial score (nSPS) is 16.8. The molecule has 0 saturated carbocycles. The number of carbonyl (C=O) groups is 1. The SMILES string of the molecule is COC(=O)N1CCN(S(=O)(=O)Cc2ccccc2Cl)CC1. The number of hydrogen-bond acceptors (Lipinski definition) is 4. The van der Waals surface area contributed by atoms with Crippen molar-refractivity contribution in [2.24, 2.45) is 0 Å². The van der Waals surface area contributed by atoms with Gasteiger partial charge in [-0.2, -0.15) is 4.31 Å². The van der Waals surface area contributed by atoms with E-state index in [-0.39, 0.29) is 18.8 Å². The highest BCUT2D eigenvalue weighted by atomic mass is 35.5. The van der Waals surface area contributed by atoms with Crippen LogP contribution in [0.3, 0.4) is 0 Å². The van der Waals surface area contributed by atoms with Crippen molar-refractivity contribution in [3.8, 4) is 0 Å². The summed E-state index contributed by atoms with van der Waals surface area (Å²) in [5, 5.41) is 0.439. The van der Waals surface area contributed by atoms with E-state index >= 15 is 0 Å². The second kappa shape index (κ2) is 6.64. The Morgan fingerprint density at radius 3 is 2.43 bits per heavy atom. The number of hydrogen-bond donors (Lipinski definition) is 0. The number of halogens is 1. The highest BCUT2D eigenvalue weighted by Gasteiger charge is 2.29. The lowest BCUT2D eigenvalue weighted by atomic mass is 10.2. The summed E-state index contributed by atoms with van der Waals surface area (Å²) < 4.78 is 30.8. The molecule has 0 atom stereocenters. The summed E-state index contributed by atoms with van der Waals surface area (Å²) in [7, 11) is -2.14. The fourth-order valence-electron chi connectivity index (χ4n) is 2.18. The molecule has 1 aliphatic rings. The van der Waals surface area contributed by atoms with Crippen molar-refractivity contribution >= 4 is 27.7 Å². The summed E-state index contributed by atoms with van der Waals surface area (Å²) in [6.45, 7) is 1.19. The van der Waals surface area contributed by atoms with E-state index in [1.165, 1.54) is 16.3 Å². The van der Waals surface area contributed by atoms with Crippen LogP contribution in [0, 0.1) is 0 Å². The maximum atomic E-state index is 12.4. The summed E-state index contributed by atoms with van der Waals surface area (Å²) in [6, 6.07) is 6.88. The van der Waals surface area contributed by atoms with E-state index in [9.17, 15) is 13.2 Å². The zero-order valence-corrected chi connectivity index (χ0v) is 13.2. The second-order valence-corrected chi connectivity index (χ2v) is 7.08. The Bertz CT molecular complexity index is 612. The van der Waals surface area contributed by atoms with Gasteiger partial charge in [-0.15, -0.1) is 0 Å². The van der Waals surface area contributed by atoms with Crippen LogP contribution in [0.2, 0.25) is 5.02 Å². The van der Waals surface area contributed by atoms with Crippen molar-refractivity contribution in [3.63, 3.8) is 0 Å². The number of benzene rings is 1. The van der Waals surface area contributed by atoms with E-state index in [2.05, 4.69) is 4.74 Å². The number of piperazine rings is 1. The maximum absolute atomic E-state index is 12.4. The number of amides is 1. The fourth-order valence-corrected chi connectivity index (χ4v) is 4.01. The Morgan fingerprint density at radius 2 is 1.86 bits per heavy atom. The third kappa shape index (κ3) is 3.87. The minimum absolute atomic E-state index is 0.134. The van der Waals surface area contributed by atoms with Crippen molar-refractivity contribution in [3.05, 3.63) is 34.9 Å². The predicted octanol–water partition coefficient (Wildman–Crippen LogP) is 1.55. The van der Waals surface area contributed by atoms with Crippen LogP contribution in [-0.4, -0.2) is 57.0 Å². The van der Waals surface area contributed by atoms with Crippen LogP contribution in [0.5, 0.6) is 0 Å². The van der Waals surface area contributed by atoms with Crippen molar-refractivity contribution in [1.82, 2.24) is 9.21 Å². The quantitative estimate of drug-likeness (QED) is 0.842. The van der Waals surface area contributed by atoms with Crippen molar-refractivity contribution in [2.75, 3.05) is 33.3 Å². The van der Waals surface area contributed by atoms with Crippen LogP contribution >= 0.6 is 11.6 Å². The number of sulfonamides is 1. The molecule has 1 aromatic rings. The first-order valence-corrected chi connectivity index (χ1v) is 8.47. The standard InChI is InChI=1S/C13H17ClN2O4S/c1-20-13(17)15-6-8-16(9-7-15)21(18,19)10-11-4-2-3-5-12(11)14/h2-5H,6-10H2,1H3. The molecule has 0 aromatic heterocycles. The van der Waals surface area contributed by atoms with Gasteiger partial charge in [0.2, 0.25) is 10.0 Å². The molecule has 116 valence electrons. The molecule has 0 unspecified atom stereocenters. The second-order valence-electron chi connectivity index (χ2n) is 4.70. The van der Waals surface area contributed by atoms with E-state index in [0.29, 0.717) is 23.7 Å². The van der Waals surface area contributed by atoms with E-state index < -0.39 is 16.1 Å². The summed E-state index contributed by atoms with van der Waals surface area (Å²) in [5.41, 5.74) is 0.578. The van der Waals surface area contributed by atoms with Crippen LogP contribution in [0.25, 0.3) is 0 Å². The number of ether oxygens (including phenoxy) is 1. The molecule has 6 nitrogen and oxygen atoms in total. The molecule has 2 rings (SSSR count). The number of methoxy groups -OCH3 is 1. The Labute approximate surface area is 129 Å². The lowest BCUT2D eigenvalue weighted by Gasteiger charge is -2.33. The van der Waals surface area contributed by atoms with Gasteiger partial charge in [-0.3, -0.25) is 0 Å². The molecule has 0 aliphatic carbocycles. The monoisotopic (exact) mass is 332 g/mol. The Hall–Kier alpha value is -1.31. The molecule has 21 heavy (non-hydrogen) atoms. The molecule has 1 aliphatic heterocycles. The summed E-state index contributed by atoms with van der Waals surface area (Å²) in [4.78, 5) is 12.9. The summed E-state index contributed by atoms with van der Waals surface area (Å²) >= 11 is 6.00. The van der Waals surface area contributed by atoms with E-state index in [1.54, 1.807) is 24.3 Å². The van der Waals surface area contributed by atoms with Gasteiger partial charge in [0.15, 0.2) is 0 Å². The zero-order valence-electron chi connectivity index (χ0n) is 11.7. The van der Waals surface area contributed by atoms with E-state index in [0.717, 1.165) is 0 Å². The molecule has 1 aromatic carbocycles. The number of carbonyl (C=O) groups excluding carboxylic acids is 1. The topological polar surface area (TPSA) is 66.9 Å². The first kappa shape index (κ1) is 16.1. The van der Waals surface area contributed by atoms with Gasteiger partial charge in [-0.05, 0) is 11.6 Å².